The molecule has 0 spiro atoms. The van der Waals surface area contributed by atoms with Gasteiger partial charge in [-0.25, -0.2) is 73.6 Å². The standard InChI is InChI=1S/C32H35N7O6.2C29H31N7O7/c1-3-33-32(41)38-29-26-30(36-18-35-29)39(19-37-26)24-15-21(16-42-17-23-22(11-8-14-34-23)31(40)43-4-2)27-28(24)45-25(44-27)13-12-20-9-6-5-7-10-20;2*1-3-30-29(38)35-24-21-25(33-15-32-24)36(16-34-21)26-23-22(42-28(43-23)17-9-6-5-7-10-17)20(41-26)14-39-13-19-18(11-8-12-31-19)27(37)40-4-2/h5-14,18-19,21,24-25,27-28H,3-4,15-17H2,1-2H3,(H2,33,35,36,38,41);2*5-12,15-16,20,22-23,26,28H,3-4,13-14H2,1-2H3,(H2,30,32,33,35,38)/b13-12+;;/t21?,24?,25-,27?,28?;2*20?,22?,23?,26?,28-/m000/s1. The maximum atomic E-state index is 12.4. The van der Waals surface area contributed by atoms with Gasteiger partial charge in [-0.15, -0.1) is 0 Å². The summed E-state index contributed by atoms with van der Waals surface area (Å²) in [6.07, 6.45) is 11.5. The minimum absolute atomic E-state index is 0.0444. The zero-order chi connectivity index (χ0) is 90.7. The number of ether oxygens (including phenoxy) is 14. The summed E-state index contributed by atoms with van der Waals surface area (Å²) in [5, 5.41) is 16.2. The third-order valence-corrected chi connectivity index (χ3v) is 21.8. The van der Waals surface area contributed by atoms with Crippen LogP contribution in [-0.2, 0) is 86.1 Å². The highest BCUT2D eigenvalue weighted by Gasteiger charge is 2.57. The van der Waals surface area contributed by atoms with E-state index in [1.807, 2.05) is 128 Å². The zero-order valence-electron chi connectivity index (χ0n) is 72.2. The number of hydrogen-bond donors (Lipinski definition) is 6. The number of nitrogens with one attached hydrogen (secondary N) is 6. The molecule has 131 heavy (non-hydrogen) atoms. The first kappa shape index (κ1) is 90.6. The number of pyridine rings is 3. The highest BCUT2D eigenvalue weighted by Crippen LogP contribution is 2.49. The number of imidazole rings is 3. The number of hydrogen-bond acceptors (Lipinski definition) is 32. The Labute approximate surface area is 749 Å². The Morgan fingerprint density at radius 1 is 0.389 bits per heavy atom. The number of urea groups is 3. The minimum Gasteiger partial charge on any atom is -0.462 e. The molecule has 15 atom stereocenters. The van der Waals surface area contributed by atoms with Crippen molar-refractivity contribution < 1.29 is 95.1 Å². The van der Waals surface area contributed by atoms with E-state index < -0.39 is 97.9 Å². The summed E-state index contributed by atoms with van der Waals surface area (Å²) in [6, 6.07) is 37.9. The highest BCUT2D eigenvalue weighted by atomic mass is 16.8. The van der Waals surface area contributed by atoms with Crippen LogP contribution in [0.3, 0.4) is 0 Å². The van der Waals surface area contributed by atoms with Gasteiger partial charge in [0, 0.05) is 55.3 Å². The van der Waals surface area contributed by atoms with Crippen molar-refractivity contribution in [3.05, 3.63) is 240 Å². The quantitative estimate of drug-likeness (QED) is 0.0174. The Kier molecular flexibility index (Phi) is 29.8. The first-order chi connectivity index (χ1) is 64.2. The van der Waals surface area contributed by atoms with Crippen LogP contribution in [0.25, 0.3) is 39.6 Å². The number of fused-ring (bicyclic) bond motifs is 6. The summed E-state index contributed by atoms with van der Waals surface area (Å²) in [4.78, 5) is 126. The van der Waals surface area contributed by atoms with Gasteiger partial charge >= 0.3 is 36.0 Å². The molecule has 1 aliphatic carbocycles. The van der Waals surface area contributed by atoms with Crippen molar-refractivity contribution in [1.29, 1.82) is 0 Å². The van der Waals surface area contributed by atoms with Crippen LogP contribution in [-0.4, -0.2) is 224 Å². The molecule has 41 nitrogen and oxygen atoms in total. The molecule has 3 aromatic carbocycles. The normalized spacial score (nSPS) is 22.7. The molecule has 12 aromatic rings. The number of rotatable bonds is 31. The number of amides is 6. The molecule has 6 amide bonds. The van der Waals surface area contributed by atoms with Gasteiger partial charge in [0.1, 0.15) is 61.7 Å². The molecule has 18 rings (SSSR count). The summed E-state index contributed by atoms with van der Waals surface area (Å²) in [5.74, 6) is -0.540. The molecular formula is C90H97N21O20. The monoisotopic (exact) mass is 1790 g/mol. The second-order valence-corrected chi connectivity index (χ2v) is 30.2. The molecule has 0 bridgehead atoms. The fourth-order valence-electron chi connectivity index (χ4n) is 16.0. The van der Waals surface area contributed by atoms with Crippen molar-refractivity contribution >= 4 is 93.0 Å². The molecule has 41 heteroatoms. The van der Waals surface area contributed by atoms with Gasteiger partial charge in [0.05, 0.1) is 124 Å². The molecule has 5 aliphatic heterocycles. The molecule has 682 valence electrons. The van der Waals surface area contributed by atoms with E-state index in [-0.39, 0.29) is 94.7 Å². The predicted octanol–water partition coefficient (Wildman–Crippen LogP) is 10.4. The Morgan fingerprint density at radius 3 is 1.17 bits per heavy atom. The van der Waals surface area contributed by atoms with Crippen LogP contribution in [0.15, 0.2) is 190 Å². The van der Waals surface area contributed by atoms with Crippen LogP contribution in [0.2, 0.25) is 0 Å². The van der Waals surface area contributed by atoms with Gasteiger partial charge in [0.25, 0.3) is 0 Å². The second-order valence-electron chi connectivity index (χ2n) is 30.2. The number of nitrogens with zero attached hydrogens (tertiary/aromatic N) is 15. The van der Waals surface area contributed by atoms with E-state index in [1.165, 1.54) is 19.0 Å². The number of esters is 3. The van der Waals surface area contributed by atoms with E-state index in [0.717, 1.165) is 16.7 Å². The van der Waals surface area contributed by atoms with Crippen LogP contribution in [0.1, 0.15) is 144 Å². The average Bonchev–Trinajstić information content (AvgIpc) is 1.60. The summed E-state index contributed by atoms with van der Waals surface area (Å²) in [6.45, 7) is 13.8. The van der Waals surface area contributed by atoms with Crippen LogP contribution >= 0.6 is 0 Å². The third-order valence-electron chi connectivity index (χ3n) is 21.8. The van der Waals surface area contributed by atoms with Gasteiger partial charge in [0.2, 0.25) is 0 Å². The van der Waals surface area contributed by atoms with Crippen molar-refractivity contribution in [3.8, 4) is 0 Å². The predicted molar refractivity (Wildman–Crippen MR) is 465 cm³/mol. The molecule has 0 radical (unpaired) electrons. The van der Waals surface area contributed by atoms with E-state index in [1.54, 1.807) is 104 Å². The minimum atomic E-state index is -0.672. The smallest absolute Gasteiger partial charge is 0.340 e. The van der Waals surface area contributed by atoms with Gasteiger partial charge in [-0.2, -0.15) is 0 Å². The first-order valence-corrected chi connectivity index (χ1v) is 43.0. The molecule has 14 heterocycles. The van der Waals surface area contributed by atoms with E-state index in [0.29, 0.717) is 106 Å². The maximum Gasteiger partial charge on any atom is 0.340 e. The van der Waals surface area contributed by atoms with E-state index in [2.05, 4.69) is 91.7 Å². The summed E-state index contributed by atoms with van der Waals surface area (Å²) < 4.78 is 90.5. The van der Waals surface area contributed by atoms with Crippen molar-refractivity contribution in [2.24, 2.45) is 5.92 Å². The van der Waals surface area contributed by atoms with E-state index in [4.69, 9.17) is 66.3 Å². The number of anilines is 3. The SMILES string of the molecule is CCNC(=O)Nc1ncnc2c1ncn2C1CC(COCc2ncccc2C(=O)OCC)C2O[C@H](/C=C/c3ccccc3)OC21.CCNC(=O)Nc1ncnc2c1ncn2C1OC(COCc2ncccc2C(=O)OCC)C2O[C@H](c3ccccc3)OC21.CCNC(=O)Nc1ncnc2c1ncn2C1OC(COCc2ncccc2C(=O)OCC)C2O[C@H](c3ccccc3)OC21. The molecule has 6 N–H and O–H groups in total. The lowest BCUT2D eigenvalue weighted by Crippen LogP contribution is -2.31. The largest absolute Gasteiger partial charge is 0.462 e. The summed E-state index contributed by atoms with van der Waals surface area (Å²) >= 11 is 0. The van der Waals surface area contributed by atoms with Crippen molar-refractivity contribution in [3.63, 3.8) is 0 Å². The second kappa shape index (κ2) is 43.1. The molecule has 9 aromatic heterocycles. The Hall–Kier alpha value is -13.7. The number of carbonyl (C=O) groups excluding carboxylic acids is 6. The highest BCUT2D eigenvalue weighted by molar-refractivity contribution is 5.98. The fourth-order valence-corrected chi connectivity index (χ4v) is 16.0. The zero-order valence-corrected chi connectivity index (χ0v) is 72.2. The van der Waals surface area contributed by atoms with Crippen LogP contribution in [0, 0.1) is 5.92 Å². The Balaban J connectivity index is 0.000000144. The van der Waals surface area contributed by atoms with Gasteiger partial charge in [-0.05, 0) is 96.0 Å². The van der Waals surface area contributed by atoms with Crippen molar-refractivity contribution in [2.75, 3.05) is 75.2 Å². The number of aromatic nitrogens is 15. The molecule has 5 saturated heterocycles. The summed E-state index contributed by atoms with van der Waals surface area (Å²) in [5.41, 5.74) is 8.02. The topological polar surface area (TPSA) is 473 Å². The van der Waals surface area contributed by atoms with Crippen molar-refractivity contribution in [2.45, 2.75) is 154 Å². The Bertz CT molecular complexity index is 5730. The first-order valence-electron chi connectivity index (χ1n) is 43.0. The fraction of sp³-hybridized carbons (Fsp3) is 0.378. The van der Waals surface area contributed by atoms with Gasteiger partial charge in [0.15, 0.2) is 82.3 Å². The van der Waals surface area contributed by atoms with Crippen molar-refractivity contribution in [1.82, 2.24) is 89.5 Å². The molecular weight excluding hydrogens is 1700 g/mol. The lowest BCUT2D eigenvalue weighted by Gasteiger charge is -2.21. The molecule has 1 saturated carbocycles. The van der Waals surface area contributed by atoms with Crippen LogP contribution < -0.4 is 31.9 Å². The number of benzene rings is 3. The maximum absolute atomic E-state index is 12.4. The molecule has 12 unspecified atom stereocenters. The molecule has 6 fully saturated rings. The van der Waals surface area contributed by atoms with Gasteiger partial charge in [-0.1, -0.05) is 97.1 Å². The third kappa shape index (κ3) is 20.9. The number of carbonyl (C=O) groups is 6. The van der Waals surface area contributed by atoms with Gasteiger partial charge < -0.3 is 86.8 Å². The van der Waals surface area contributed by atoms with E-state index in [9.17, 15) is 28.8 Å². The summed E-state index contributed by atoms with van der Waals surface area (Å²) in [7, 11) is 0. The van der Waals surface area contributed by atoms with Crippen LogP contribution in [0.5, 0.6) is 0 Å². The lowest BCUT2D eigenvalue weighted by atomic mass is 10.1. The molecule has 6 aliphatic rings. The lowest BCUT2D eigenvalue weighted by molar-refractivity contribution is -0.158. The average molecular weight is 1790 g/mol. The van der Waals surface area contributed by atoms with Crippen LogP contribution in [0.4, 0.5) is 31.8 Å². The van der Waals surface area contributed by atoms with E-state index >= 15 is 0 Å². The Morgan fingerprint density at radius 2 is 0.763 bits per heavy atom. The van der Waals surface area contributed by atoms with Gasteiger partial charge in [-0.3, -0.25) is 40.0 Å².